The molecule has 5 nitrogen and oxygen atoms in total. The van der Waals surface area contributed by atoms with E-state index in [-0.39, 0.29) is 5.91 Å². The lowest BCUT2D eigenvalue weighted by atomic mass is 10.2. The average molecular weight is 217 g/mol. The van der Waals surface area contributed by atoms with Crippen molar-refractivity contribution >= 4 is 5.91 Å². The Balaban J connectivity index is 3.74. The summed E-state index contributed by atoms with van der Waals surface area (Å²) in [5.74, 6) is 4.89. The van der Waals surface area contributed by atoms with Gasteiger partial charge in [0, 0.05) is 19.6 Å². The molecule has 0 rings (SSSR count). The number of carbonyl (C=O) groups is 1. The Bertz CT molecular complexity index is 176. The lowest BCUT2D eigenvalue weighted by molar-refractivity contribution is -0.121. The Morgan fingerprint density at radius 1 is 1.60 bits per heavy atom. The van der Waals surface area contributed by atoms with Crippen LogP contribution in [0.2, 0.25) is 0 Å². The number of methoxy groups -OCH3 is 1. The summed E-state index contributed by atoms with van der Waals surface area (Å²) in [5.41, 5.74) is 2.13. The molecule has 15 heavy (non-hydrogen) atoms. The molecule has 0 saturated heterocycles. The van der Waals surface area contributed by atoms with Gasteiger partial charge in [-0.1, -0.05) is 6.92 Å². The van der Waals surface area contributed by atoms with E-state index < -0.39 is 0 Å². The fourth-order valence-corrected chi connectivity index (χ4v) is 1.55. The highest BCUT2D eigenvalue weighted by atomic mass is 16.5. The van der Waals surface area contributed by atoms with Gasteiger partial charge in [0.25, 0.3) is 0 Å². The minimum absolute atomic E-state index is 0.106. The first-order valence-electron chi connectivity index (χ1n) is 5.38. The van der Waals surface area contributed by atoms with Gasteiger partial charge in [0.05, 0.1) is 6.61 Å². The van der Waals surface area contributed by atoms with Crippen LogP contribution in [0.4, 0.5) is 0 Å². The molecule has 0 aliphatic rings. The molecule has 0 heterocycles. The summed E-state index contributed by atoms with van der Waals surface area (Å²) in [6, 6.07) is 0.390. The molecule has 1 amide bonds. The zero-order valence-corrected chi connectivity index (χ0v) is 9.95. The number of hydrazine groups is 1. The van der Waals surface area contributed by atoms with Crippen LogP contribution >= 0.6 is 0 Å². The highest BCUT2D eigenvalue weighted by molar-refractivity contribution is 5.75. The summed E-state index contributed by atoms with van der Waals surface area (Å²) < 4.78 is 5.09. The van der Waals surface area contributed by atoms with E-state index in [0.717, 1.165) is 26.1 Å². The van der Waals surface area contributed by atoms with E-state index in [1.165, 1.54) is 0 Å². The number of nitrogens with two attached hydrogens (primary N) is 1. The van der Waals surface area contributed by atoms with Gasteiger partial charge >= 0.3 is 0 Å². The number of hydrogen-bond donors (Lipinski definition) is 2. The largest absolute Gasteiger partial charge is 0.383 e. The van der Waals surface area contributed by atoms with E-state index in [1.807, 2.05) is 0 Å². The molecule has 0 bridgehead atoms. The third kappa shape index (κ3) is 6.43. The van der Waals surface area contributed by atoms with Crippen LogP contribution in [0.1, 0.15) is 26.7 Å². The second kappa shape index (κ2) is 8.64. The normalized spacial score (nSPS) is 12.9. The molecule has 0 saturated carbocycles. The van der Waals surface area contributed by atoms with Crippen LogP contribution in [-0.4, -0.2) is 43.7 Å². The summed E-state index contributed by atoms with van der Waals surface area (Å²) in [4.78, 5) is 13.2. The molecular weight excluding hydrogens is 194 g/mol. The first kappa shape index (κ1) is 14.3. The summed E-state index contributed by atoms with van der Waals surface area (Å²) >= 11 is 0. The molecule has 0 aliphatic heterocycles. The van der Waals surface area contributed by atoms with Crippen molar-refractivity contribution in [2.24, 2.45) is 5.84 Å². The fourth-order valence-electron chi connectivity index (χ4n) is 1.55. The second-order valence-corrected chi connectivity index (χ2v) is 3.60. The van der Waals surface area contributed by atoms with Crippen LogP contribution in [0.3, 0.4) is 0 Å². The number of rotatable bonds is 8. The monoisotopic (exact) mass is 217 g/mol. The number of likely N-dealkylation sites (N-methyl/N-ethyl adjacent to an activating group) is 1. The quantitative estimate of drug-likeness (QED) is 0.344. The SMILES string of the molecule is CCN(CCCC(=O)NN)C(C)COC. The van der Waals surface area contributed by atoms with Crippen molar-refractivity contribution in [2.45, 2.75) is 32.7 Å². The van der Waals surface area contributed by atoms with Gasteiger partial charge in [0.2, 0.25) is 5.91 Å². The van der Waals surface area contributed by atoms with Gasteiger partial charge in [0.15, 0.2) is 0 Å². The topological polar surface area (TPSA) is 67.6 Å². The zero-order valence-electron chi connectivity index (χ0n) is 9.95. The van der Waals surface area contributed by atoms with Gasteiger partial charge in [-0.25, -0.2) is 5.84 Å². The molecule has 90 valence electrons. The number of amides is 1. The highest BCUT2D eigenvalue weighted by Gasteiger charge is 2.11. The minimum atomic E-state index is -0.106. The van der Waals surface area contributed by atoms with E-state index in [9.17, 15) is 4.79 Å². The number of hydrogen-bond acceptors (Lipinski definition) is 4. The van der Waals surface area contributed by atoms with Crippen molar-refractivity contribution in [3.8, 4) is 0 Å². The first-order valence-corrected chi connectivity index (χ1v) is 5.38. The van der Waals surface area contributed by atoms with Crippen molar-refractivity contribution in [1.29, 1.82) is 0 Å². The number of carbonyl (C=O) groups excluding carboxylic acids is 1. The molecule has 1 unspecified atom stereocenters. The van der Waals surface area contributed by atoms with Crippen molar-refractivity contribution in [1.82, 2.24) is 10.3 Å². The van der Waals surface area contributed by atoms with E-state index in [1.54, 1.807) is 7.11 Å². The Hall–Kier alpha value is -0.650. The molecule has 0 aliphatic carbocycles. The van der Waals surface area contributed by atoms with Gasteiger partial charge in [-0.2, -0.15) is 0 Å². The van der Waals surface area contributed by atoms with Crippen LogP contribution in [-0.2, 0) is 9.53 Å². The van der Waals surface area contributed by atoms with Crippen LogP contribution in [0.25, 0.3) is 0 Å². The molecule has 0 aromatic heterocycles. The third-order valence-corrected chi connectivity index (χ3v) is 2.45. The van der Waals surface area contributed by atoms with Crippen LogP contribution in [0.15, 0.2) is 0 Å². The standard InChI is InChI=1S/C10H23N3O2/c1-4-13(9(2)8-15-3)7-5-6-10(14)12-11/h9H,4-8,11H2,1-3H3,(H,12,14). The average Bonchev–Trinajstić information content (AvgIpc) is 2.24. The van der Waals surface area contributed by atoms with Gasteiger partial charge < -0.3 is 4.74 Å². The van der Waals surface area contributed by atoms with Gasteiger partial charge in [-0.15, -0.1) is 0 Å². The summed E-state index contributed by atoms with van der Waals surface area (Å²) in [6.07, 6.45) is 1.30. The van der Waals surface area contributed by atoms with Gasteiger partial charge in [-0.05, 0) is 26.4 Å². The molecule has 0 fully saturated rings. The Morgan fingerprint density at radius 3 is 2.73 bits per heavy atom. The predicted molar refractivity (Wildman–Crippen MR) is 60.1 cm³/mol. The number of nitrogens with one attached hydrogen (secondary N) is 1. The predicted octanol–water partition coefficient (Wildman–Crippen LogP) is 0.113. The van der Waals surface area contributed by atoms with E-state index in [2.05, 4.69) is 24.2 Å². The lowest BCUT2D eigenvalue weighted by Crippen LogP contribution is -2.37. The molecule has 0 aromatic carbocycles. The minimum Gasteiger partial charge on any atom is -0.383 e. The third-order valence-electron chi connectivity index (χ3n) is 2.45. The van der Waals surface area contributed by atoms with Crippen molar-refractivity contribution in [2.75, 3.05) is 26.8 Å². The first-order chi connectivity index (χ1) is 7.15. The second-order valence-electron chi connectivity index (χ2n) is 3.60. The Kier molecular flexibility index (Phi) is 8.27. The maximum Gasteiger partial charge on any atom is 0.233 e. The van der Waals surface area contributed by atoms with E-state index in [4.69, 9.17) is 10.6 Å². The summed E-state index contributed by atoms with van der Waals surface area (Å²) in [7, 11) is 1.70. The summed E-state index contributed by atoms with van der Waals surface area (Å²) in [6.45, 7) is 6.81. The highest BCUT2D eigenvalue weighted by Crippen LogP contribution is 2.02. The van der Waals surface area contributed by atoms with Crippen molar-refractivity contribution in [3.63, 3.8) is 0 Å². The zero-order chi connectivity index (χ0) is 11.7. The lowest BCUT2D eigenvalue weighted by Gasteiger charge is -2.26. The van der Waals surface area contributed by atoms with E-state index in [0.29, 0.717) is 12.5 Å². The summed E-state index contributed by atoms with van der Waals surface area (Å²) in [5, 5.41) is 0. The smallest absolute Gasteiger partial charge is 0.233 e. The molecular formula is C10H23N3O2. The number of nitrogens with zero attached hydrogens (tertiary/aromatic N) is 1. The fraction of sp³-hybridized carbons (Fsp3) is 0.900. The van der Waals surface area contributed by atoms with Crippen LogP contribution < -0.4 is 11.3 Å². The van der Waals surface area contributed by atoms with Crippen molar-refractivity contribution < 1.29 is 9.53 Å². The van der Waals surface area contributed by atoms with Crippen LogP contribution in [0, 0.1) is 0 Å². The molecule has 0 radical (unpaired) electrons. The Morgan fingerprint density at radius 2 is 2.27 bits per heavy atom. The molecule has 3 N–H and O–H groups in total. The van der Waals surface area contributed by atoms with Gasteiger partial charge in [-0.3, -0.25) is 15.1 Å². The molecule has 0 aromatic rings. The maximum atomic E-state index is 10.9. The van der Waals surface area contributed by atoms with Gasteiger partial charge in [0.1, 0.15) is 0 Å². The Labute approximate surface area is 91.9 Å². The number of ether oxygens (including phenoxy) is 1. The van der Waals surface area contributed by atoms with Crippen molar-refractivity contribution in [3.05, 3.63) is 0 Å². The maximum absolute atomic E-state index is 10.9. The van der Waals surface area contributed by atoms with E-state index >= 15 is 0 Å². The molecule has 5 heteroatoms. The molecule has 0 spiro atoms. The molecule has 1 atom stereocenters. The van der Waals surface area contributed by atoms with Crippen LogP contribution in [0.5, 0.6) is 0 Å².